The highest BCUT2D eigenvalue weighted by Gasteiger charge is 2.66. The van der Waals surface area contributed by atoms with Gasteiger partial charge in [0.1, 0.15) is 5.75 Å². The number of nitro groups is 1. The Hall–Kier alpha value is -6.81. The van der Waals surface area contributed by atoms with Gasteiger partial charge in [-0.2, -0.15) is 9.78 Å². The van der Waals surface area contributed by atoms with Gasteiger partial charge in [0.05, 0.1) is 73.9 Å². The van der Waals surface area contributed by atoms with E-state index in [0.29, 0.717) is 41.0 Å². The number of aromatic nitrogens is 5. The van der Waals surface area contributed by atoms with Gasteiger partial charge in [-0.25, -0.2) is 0 Å². The Morgan fingerprint density at radius 3 is 2.46 bits per heavy atom. The molecule has 4 heterocycles. The number of aryl methyl sites for hydroxylation is 1. The maximum atomic E-state index is 15.5. The fourth-order valence-electron chi connectivity index (χ4n) is 9.98. The molecule has 2 aromatic heterocycles. The Kier molecular flexibility index (Phi) is 10.9. The molecule has 15 heteroatoms. The van der Waals surface area contributed by atoms with Crippen LogP contribution in [0.25, 0.3) is 16.5 Å². The number of amides is 1. The third kappa shape index (κ3) is 7.21. The summed E-state index contributed by atoms with van der Waals surface area (Å²) in [5.74, 6) is -0.334. The van der Waals surface area contributed by atoms with Crippen LogP contribution in [0.2, 0.25) is 18.6 Å². The summed E-state index contributed by atoms with van der Waals surface area (Å²) >= 11 is 0. The summed E-state index contributed by atoms with van der Waals surface area (Å²) in [5, 5.41) is 38.5. The van der Waals surface area contributed by atoms with Crippen LogP contribution in [-0.2, 0) is 28.2 Å². The second kappa shape index (κ2) is 16.5. The van der Waals surface area contributed by atoms with Crippen LogP contribution in [0.1, 0.15) is 41.6 Å². The number of carbonyl (C=O) groups is 1. The molecule has 1 saturated heterocycles. The Morgan fingerprint density at radius 2 is 1.71 bits per heavy atom. The molecule has 0 saturated carbocycles. The quantitative estimate of drug-likeness (QED) is 0.0734. The van der Waals surface area contributed by atoms with Gasteiger partial charge in [-0.3, -0.25) is 24.4 Å². The molecule has 0 radical (unpaired) electrons. The molecule has 2 aliphatic heterocycles. The van der Waals surface area contributed by atoms with Gasteiger partial charge in [-0.1, -0.05) is 103 Å². The van der Waals surface area contributed by atoms with E-state index in [0.717, 1.165) is 27.4 Å². The van der Waals surface area contributed by atoms with Crippen molar-refractivity contribution < 1.29 is 24.3 Å². The Bertz CT molecular complexity index is 2900. The van der Waals surface area contributed by atoms with Gasteiger partial charge < -0.3 is 19.5 Å². The lowest BCUT2D eigenvalue weighted by Gasteiger charge is -2.37. The van der Waals surface area contributed by atoms with Gasteiger partial charge in [0.15, 0.2) is 5.60 Å². The van der Waals surface area contributed by atoms with E-state index in [-0.39, 0.29) is 41.8 Å². The first-order valence-electron chi connectivity index (χ1n) is 21.0. The number of hydrogen-bond donors (Lipinski definition) is 1. The zero-order chi connectivity index (χ0) is 44.0. The predicted molar refractivity (Wildman–Crippen MR) is 241 cm³/mol. The number of ether oxygens (including phenoxy) is 2. The van der Waals surface area contributed by atoms with Crippen LogP contribution in [0.4, 0.5) is 11.4 Å². The zero-order valence-corrected chi connectivity index (χ0v) is 36.4. The molecular formula is C48H47N7O7Si. The maximum absolute atomic E-state index is 15.5. The highest BCUT2D eigenvalue weighted by atomic mass is 28.3. The van der Waals surface area contributed by atoms with Crippen LogP contribution in [-0.4, -0.2) is 68.6 Å². The van der Waals surface area contributed by atoms with Crippen molar-refractivity contribution in [2.45, 2.75) is 62.7 Å². The van der Waals surface area contributed by atoms with Crippen LogP contribution >= 0.6 is 0 Å². The third-order valence-electron chi connectivity index (χ3n) is 13.2. The molecule has 0 aliphatic carbocycles. The second-order valence-electron chi connectivity index (χ2n) is 17.0. The molecule has 1 unspecified atom stereocenters. The molecule has 1 spiro atoms. The highest BCUT2D eigenvalue weighted by Crippen LogP contribution is 2.60. The van der Waals surface area contributed by atoms with E-state index in [1.807, 2.05) is 92.0 Å². The van der Waals surface area contributed by atoms with Crippen molar-refractivity contribution in [1.82, 2.24) is 24.8 Å². The zero-order valence-electron chi connectivity index (χ0n) is 35.4. The SMILES string of the molecule is COc1ccc([Si](C)(C)[C@H]2[C@H](CCn3cc(C(CO)c4ccccc4)nn3)O[C@@]3(C(=O)N(Cc4cccc(-n5ncc6ccccc6c5=O)c4)c4ccc([N+](=O)[O-])cc43)[C@@H]2C)cc1. The molecule has 2 aliphatic rings. The van der Waals surface area contributed by atoms with Crippen molar-refractivity contribution >= 4 is 41.3 Å². The van der Waals surface area contributed by atoms with Crippen molar-refractivity contribution in [2.24, 2.45) is 5.92 Å². The molecular weight excluding hydrogens is 815 g/mol. The number of nitrogens with zero attached hydrogens (tertiary/aromatic N) is 7. The van der Waals surface area contributed by atoms with Crippen LogP contribution in [0, 0.1) is 16.0 Å². The van der Waals surface area contributed by atoms with E-state index < -0.39 is 30.6 Å². The van der Waals surface area contributed by atoms with Crippen LogP contribution in [0.3, 0.4) is 0 Å². The number of aliphatic hydroxyl groups excluding tert-OH is 1. The molecule has 63 heavy (non-hydrogen) atoms. The van der Waals surface area contributed by atoms with Gasteiger partial charge >= 0.3 is 0 Å². The van der Waals surface area contributed by atoms with E-state index in [1.165, 1.54) is 16.8 Å². The lowest BCUT2D eigenvalue weighted by molar-refractivity contribution is -0.385. The average Bonchev–Trinajstić information content (AvgIpc) is 3.96. The normalized spacial score (nSPS) is 20.0. The molecule has 320 valence electrons. The molecule has 0 bridgehead atoms. The van der Waals surface area contributed by atoms with Crippen LogP contribution < -0.4 is 20.4 Å². The maximum Gasteiger partial charge on any atom is 0.279 e. The van der Waals surface area contributed by atoms with Gasteiger partial charge in [-0.05, 0) is 59.5 Å². The minimum absolute atomic E-state index is 0.113. The summed E-state index contributed by atoms with van der Waals surface area (Å²) in [5.41, 5.74) is 1.73. The van der Waals surface area contributed by atoms with Crippen LogP contribution in [0.15, 0.2) is 139 Å². The van der Waals surface area contributed by atoms with Crippen LogP contribution in [0.5, 0.6) is 5.75 Å². The first kappa shape index (κ1) is 41.5. The van der Waals surface area contributed by atoms with Crippen molar-refractivity contribution in [3.63, 3.8) is 0 Å². The van der Waals surface area contributed by atoms with E-state index in [1.54, 1.807) is 41.1 Å². The number of hydrogen-bond acceptors (Lipinski definition) is 10. The molecule has 5 aromatic carbocycles. The minimum Gasteiger partial charge on any atom is -0.497 e. The first-order valence-corrected chi connectivity index (χ1v) is 24.1. The molecule has 1 N–H and O–H groups in total. The molecule has 1 fully saturated rings. The van der Waals surface area contributed by atoms with Crippen molar-refractivity contribution in [2.75, 3.05) is 18.6 Å². The number of non-ortho nitro benzene ring substituents is 1. The van der Waals surface area contributed by atoms with E-state index in [2.05, 4.69) is 40.6 Å². The number of methoxy groups -OCH3 is 1. The number of nitro benzene ring substituents is 1. The lowest BCUT2D eigenvalue weighted by Crippen LogP contribution is -2.51. The Morgan fingerprint density at radius 1 is 0.952 bits per heavy atom. The summed E-state index contributed by atoms with van der Waals surface area (Å²) in [6.45, 7) is 7.00. The molecule has 9 rings (SSSR count). The van der Waals surface area contributed by atoms with Gasteiger partial charge in [-0.15, -0.1) is 5.10 Å². The molecule has 7 aromatic rings. The summed E-state index contributed by atoms with van der Waals surface area (Å²) in [4.78, 5) is 42.7. The third-order valence-corrected chi connectivity index (χ3v) is 17.5. The minimum atomic E-state index is -2.56. The van der Waals surface area contributed by atoms with Crippen molar-refractivity contribution in [1.29, 1.82) is 0 Å². The Labute approximate surface area is 364 Å². The summed E-state index contributed by atoms with van der Waals surface area (Å²) in [6, 6.07) is 36.9. The van der Waals surface area contributed by atoms with E-state index in [4.69, 9.17) is 9.47 Å². The number of anilines is 1. The fraction of sp³-hybridized carbons (Fsp3) is 0.271. The second-order valence-corrected chi connectivity index (χ2v) is 21.7. The summed E-state index contributed by atoms with van der Waals surface area (Å²) in [7, 11) is -0.926. The molecule has 14 nitrogen and oxygen atoms in total. The number of benzene rings is 5. The molecule has 5 atom stereocenters. The average molecular weight is 862 g/mol. The first-order chi connectivity index (χ1) is 30.4. The standard InChI is InChI=1S/C48H47N7O7Si/c1-31-45(63(3,4)38-20-18-37(61-2)19-21-38)44(23-24-52-29-42(50-51-52)40(30-56)33-12-6-5-7-13-33)62-48(31)41-26-36(55(59)60)17-22-43(41)53(47(48)58)28-32-11-10-15-35(25-32)54-46(57)39-16-9-8-14-34(39)27-49-54/h5-22,25-27,29,31,40,44-45,56H,23-24,28,30H2,1-4H3/t31-,40?,44+,45-,48+/m1/s1. The van der Waals surface area contributed by atoms with Gasteiger partial charge in [0.2, 0.25) is 0 Å². The van der Waals surface area contributed by atoms with E-state index in [9.17, 15) is 20.0 Å². The molecule has 1 amide bonds. The van der Waals surface area contributed by atoms with Crippen molar-refractivity contribution in [3.8, 4) is 11.4 Å². The van der Waals surface area contributed by atoms with Gasteiger partial charge in [0, 0.05) is 41.7 Å². The number of aliphatic hydroxyl groups is 1. The lowest BCUT2D eigenvalue weighted by atomic mass is 9.82. The topological polar surface area (TPSA) is 168 Å². The van der Waals surface area contributed by atoms with Crippen molar-refractivity contribution in [3.05, 3.63) is 177 Å². The predicted octanol–water partition coefficient (Wildman–Crippen LogP) is 6.87. The Balaban J connectivity index is 1.09. The fourth-order valence-corrected chi connectivity index (χ4v) is 14.0. The number of rotatable bonds is 13. The summed E-state index contributed by atoms with van der Waals surface area (Å²) in [6.07, 6.45) is 3.50. The number of fused-ring (bicyclic) bond motifs is 3. The smallest absolute Gasteiger partial charge is 0.279 e. The monoisotopic (exact) mass is 861 g/mol. The highest BCUT2D eigenvalue weighted by molar-refractivity contribution is 6.91. The van der Waals surface area contributed by atoms with Gasteiger partial charge in [0.25, 0.3) is 17.2 Å². The number of carbonyl (C=O) groups excluding carboxylic acids is 1. The summed E-state index contributed by atoms with van der Waals surface area (Å²) < 4.78 is 15.9. The van der Waals surface area contributed by atoms with E-state index >= 15 is 4.79 Å². The largest absolute Gasteiger partial charge is 0.497 e.